The topological polar surface area (TPSA) is 78.5 Å². The van der Waals surface area contributed by atoms with Gasteiger partial charge in [0.05, 0.1) is 5.92 Å². The van der Waals surface area contributed by atoms with Gasteiger partial charge in [0, 0.05) is 35.9 Å². The van der Waals surface area contributed by atoms with Crippen molar-refractivity contribution >= 4 is 29.1 Å². The van der Waals surface area contributed by atoms with E-state index in [0.29, 0.717) is 23.7 Å². The smallest absolute Gasteiger partial charge is 0.251 e. The fraction of sp³-hybridized carbons (Fsp3) is 0.375. The maximum absolute atomic E-state index is 12.8. The lowest BCUT2D eigenvalue weighted by atomic mass is 10.0. The van der Waals surface area contributed by atoms with Gasteiger partial charge in [-0.25, -0.2) is 0 Å². The SMILES string of the molecule is CC(C)c1cccc(N2C[C@@H](C(=O)Nc3cccc(C(=O)NC4CC4)c3)CC2=O)c1. The Labute approximate surface area is 176 Å². The van der Waals surface area contributed by atoms with E-state index < -0.39 is 5.92 Å². The largest absolute Gasteiger partial charge is 0.349 e. The first-order valence-corrected chi connectivity index (χ1v) is 10.5. The molecule has 0 radical (unpaired) electrons. The molecule has 6 heteroatoms. The zero-order valence-electron chi connectivity index (χ0n) is 17.4. The minimum Gasteiger partial charge on any atom is -0.349 e. The van der Waals surface area contributed by atoms with Crippen molar-refractivity contribution in [1.29, 1.82) is 0 Å². The van der Waals surface area contributed by atoms with Gasteiger partial charge in [0.15, 0.2) is 0 Å². The molecule has 0 bridgehead atoms. The highest BCUT2D eigenvalue weighted by Gasteiger charge is 2.35. The molecule has 2 aromatic rings. The lowest BCUT2D eigenvalue weighted by Crippen LogP contribution is -2.28. The lowest BCUT2D eigenvalue weighted by molar-refractivity contribution is -0.122. The highest BCUT2D eigenvalue weighted by molar-refractivity contribution is 6.04. The first-order valence-electron chi connectivity index (χ1n) is 10.5. The third kappa shape index (κ3) is 4.53. The Morgan fingerprint density at radius 1 is 1.07 bits per heavy atom. The maximum atomic E-state index is 12.8. The first kappa shape index (κ1) is 20.1. The Kier molecular flexibility index (Phi) is 5.57. The Balaban J connectivity index is 1.41. The van der Waals surface area contributed by atoms with Crippen LogP contribution in [0.3, 0.4) is 0 Å². The van der Waals surface area contributed by atoms with Crippen molar-refractivity contribution in [3.8, 4) is 0 Å². The van der Waals surface area contributed by atoms with Crippen LogP contribution in [0.4, 0.5) is 11.4 Å². The fourth-order valence-electron chi connectivity index (χ4n) is 3.66. The summed E-state index contributed by atoms with van der Waals surface area (Å²) in [4.78, 5) is 39.3. The average Bonchev–Trinajstić information content (AvgIpc) is 3.46. The molecule has 2 N–H and O–H groups in total. The summed E-state index contributed by atoms with van der Waals surface area (Å²) in [6, 6.07) is 15.1. The molecule has 3 amide bonds. The monoisotopic (exact) mass is 405 g/mol. The fourth-order valence-corrected chi connectivity index (χ4v) is 3.66. The molecule has 156 valence electrons. The van der Waals surface area contributed by atoms with Crippen molar-refractivity contribution in [2.45, 2.75) is 45.1 Å². The van der Waals surface area contributed by atoms with Crippen molar-refractivity contribution in [1.82, 2.24) is 5.32 Å². The molecule has 1 saturated carbocycles. The van der Waals surface area contributed by atoms with Gasteiger partial charge in [0.25, 0.3) is 5.91 Å². The normalized spacial score (nSPS) is 18.6. The van der Waals surface area contributed by atoms with Crippen molar-refractivity contribution in [2.24, 2.45) is 5.92 Å². The van der Waals surface area contributed by atoms with E-state index in [2.05, 4.69) is 24.5 Å². The third-order valence-electron chi connectivity index (χ3n) is 5.65. The van der Waals surface area contributed by atoms with Crippen molar-refractivity contribution in [3.63, 3.8) is 0 Å². The van der Waals surface area contributed by atoms with E-state index in [-0.39, 0.29) is 30.2 Å². The number of anilines is 2. The quantitative estimate of drug-likeness (QED) is 0.769. The number of nitrogens with zero attached hydrogens (tertiary/aromatic N) is 1. The molecule has 0 aromatic heterocycles. The van der Waals surface area contributed by atoms with Gasteiger partial charge in [-0.3, -0.25) is 14.4 Å². The van der Waals surface area contributed by atoms with Crippen LogP contribution in [0.5, 0.6) is 0 Å². The van der Waals surface area contributed by atoms with Crippen LogP contribution >= 0.6 is 0 Å². The zero-order valence-corrected chi connectivity index (χ0v) is 17.4. The summed E-state index contributed by atoms with van der Waals surface area (Å²) in [5, 5.41) is 5.82. The van der Waals surface area contributed by atoms with E-state index in [1.807, 2.05) is 24.3 Å². The van der Waals surface area contributed by atoms with Crippen LogP contribution in [0.1, 0.15) is 54.9 Å². The van der Waals surface area contributed by atoms with Crippen molar-refractivity contribution in [2.75, 3.05) is 16.8 Å². The van der Waals surface area contributed by atoms with Gasteiger partial charge in [-0.2, -0.15) is 0 Å². The van der Waals surface area contributed by atoms with Gasteiger partial charge in [-0.15, -0.1) is 0 Å². The highest BCUT2D eigenvalue weighted by Crippen LogP contribution is 2.28. The Hall–Kier alpha value is -3.15. The van der Waals surface area contributed by atoms with Gasteiger partial charge >= 0.3 is 0 Å². The van der Waals surface area contributed by atoms with E-state index >= 15 is 0 Å². The van der Waals surface area contributed by atoms with E-state index in [1.54, 1.807) is 29.2 Å². The Morgan fingerprint density at radius 3 is 2.57 bits per heavy atom. The number of rotatable bonds is 6. The van der Waals surface area contributed by atoms with Gasteiger partial charge in [-0.1, -0.05) is 32.0 Å². The number of hydrogen-bond donors (Lipinski definition) is 2. The Bertz CT molecular complexity index is 981. The Morgan fingerprint density at radius 2 is 1.83 bits per heavy atom. The molecular formula is C24H27N3O3. The molecule has 30 heavy (non-hydrogen) atoms. The molecule has 2 aliphatic rings. The number of amides is 3. The summed E-state index contributed by atoms with van der Waals surface area (Å²) in [6.45, 7) is 4.58. The molecular weight excluding hydrogens is 378 g/mol. The van der Waals surface area contributed by atoms with E-state index in [0.717, 1.165) is 24.1 Å². The van der Waals surface area contributed by atoms with Crippen molar-refractivity contribution < 1.29 is 14.4 Å². The minimum atomic E-state index is -0.427. The molecule has 0 spiro atoms. The molecule has 0 unspecified atom stereocenters. The number of hydrogen-bond acceptors (Lipinski definition) is 3. The predicted octanol–water partition coefficient (Wildman–Crippen LogP) is 3.69. The zero-order chi connectivity index (χ0) is 21.3. The summed E-state index contributed by atoms with van der Waals surface area (Å²) in [5.74, 6) is -0.435. The highest BCUT2D eigenvalue weighted by atomic mass is 16.2. The van der Waals surface area contributed by atoms with Crippen LogP contribution in [0, 0.1) is 5.92 Å². The number of benzene rings is 2. The maximum Gasteiger partial charge on any atom is 0.251 e. The van der Waals surface area contributed by atoms with Crippen LogP contribution in [0.15, 0.2) is 48.5 Å². The molecule has 1 heterocycles. The van der Waals surface area contributed by atoms with Gasteiger partial charge in [0.1, 0.15) is 0 Å². The summed E-state index contributed by atoms with van der Waals surface area (Å²) in [5.41, 5.74) is 3.08. The second-order valence-electron chi connectivity index (χ2n) is 8.47. The average molecular weight is 405 g/mol. The van der Waals surface area contributed by atoms with Crippen LogP contribution in [-0.4, -0.2) is 30.3 Å². The molecule has 6 nitrogen and oxygen atoms in total. The third-order valence-corrected chi connectivity index (χ3v) is 5.65. The lowest BCUT2D eigenvalue weighted by Gasteiger charge is -2.18. The predicted molar refractivity (Wildman–Crippen MR) is 117 cm³/mol. The molecule has 1 saturated heterocycles. The van der Waals surface area contributed by atoms with Gasteiger partial charge in [-0.05, 0) is 54.7 Å². The number of carbonyl (C=O) groups excluding carboxylic acids is 3. The molecule has 1 aliphatic heterocycles. The van der Waals surface area contributed by atoms with Crippen molar-refractivity contribution in [3.05, 3.63) is 59.7 Å². The standard InChI is InChI=1S/C24H27N3O3/c1-15(2)16-5-4-8-21(12-16)27-14-18(13-22(27)28)24(30)26-20-7-3-6-17(11-20)23(29)25-19-9-10-19/h3-8,11-12,15,18-19H,9-10,13-14H2,1-2H3,(H,25,29)(H,26,30)/t18-/m0/s1. The van der Waals surface area contributed by atoms with Crippen LogP contribution < -0.4 is 15.5 Å². The molecule has 4 rings (SSSR count). The first-order chi connectivity index (χ1) is 14.4. The second-order valence-corrected chi connectivity index (χ2v) is 8.47. The molecule has 1 aliphatic carbocycles. The number of nitrogens with one attached hydrogen (secondary N) is 2. The van der Waals surface area contributed by atoms with E-state index in [1.165, 1.54) is 0 Å². The van der Waals surface area contributed by atoms with Gasteiger partial charge < -0.3 is 15.5 Å². The molecule has 2 aromatic carbocycles. The summed E-state index contributed by atoms with van der Waals surface area (Å²) in [6.07, 6.45) is 2.22. The minimum absolute atomic E-state index is 0.0476. The van der Waals surface area contributed by atoms with E-state index in [9.17, 15) is 14.4 Å². The van der Waals surface area contributed by atoms with Crippen LogP contribution in [0.2, 0.25) is 0 Å². The second kappa shape index (κ2) is 8.30. The van der Waals surface area contributed by atoms with E-state index in [4.69, 9.17) is 0 Å². The van der Waals surface area contributed by atoms with Crippen LogP contribution in [-0.2, 0) is 9.59 Å². The number of carbonyl (C=O) groups is 3. The molecule has 1 atom stereocenters. The summed E-state index contributed by atoms with van der Waals surface area (Å²) < 4.78 is 0. The van der Waals surface area contributed by atoms with Gasteiger partial charge in [0.2, 0.25) is 11.8 Å². The molecule has 2 fully saturated rings. The summed E-state index contributed by atoms with van der Waals surface area (Å²) in [7, 11) is 0. The summed E-state index contributed by atoms with van der Waals surface area (Å²) >= 11 is 0. The van der Waals surface area contributed by atoms with Crippen LogP contribution in [0.25, 0.3) is 0 Å².